The molecule has 1 aliphatic heterocycles. The van der Waals surface area contributed by atoms with E-state index in [1.54, 1.807) is 0 Å². The van der Waals surface area contributed by atoms with Gasteiger partial charge in [-0.15, -0.1) is 0 Å². The van der Waals surface area contributed by atoms with Crippen LogP contribution in [0.2, 0.25) is 0 Å². The molecule has 1 aromatic carbocycles. The first-order valence-corrected chi connectivity index (χ1v) is 8.99. The van der Waals surface area contributed by atoms with E-state index in [2.05, 4.69) is 17.2 Å². The first kappa shape index (κ1) is 16.1. The van der Waals surface area contributed by atoms with Crippen LogP contribution in [0.25, 0.3) is 11.1 Å². The Kier molecular flexibility index (Phi) is 5.03. The van der Waals surface area contributed by atoms with Gasteiger partial charge in [0.25, 0.3) is 0 Å². The van der Waals surface area contributed by atoms with E-state index >= 15 is 0 Å². The summed E-state index contributed by atoms with van der Waals surface area (Å²) >= 11 is 1.86. The van der Waals surface area contributed by atoms with Crippen molar-refractivity contribution in [1.82, 2.24) is 15.3 Å². The maximum Gasteiger partial charge on any atom is 0.249 e. The summed E-state index contributed by atoms with van der Waals surface area (Å²) in [6.07, 6.45) is 6.16. The van der Waals surface area contributed by atoms with Gasteiger partial charge in [-0.05, 0) is 36.3 Å². The summed E-state index contributed by atoms with van der Waals surface area (Å²) in [6, 6.07) is 10.1. The zero-order valence-corrected chi connectivity index (χ0v) is 13.8. The Hall–Kier alpha value is -1.79. The number of nitrogens with one attached hydrogen (secondary N) is 1. The summed E-state index contributed by atoms with van der Waals surface area (Å²) in [5.74, 6) is 1.66. The zero-order chi connectivity index (χ0) is 16.1. The molecular weight excluding hydrogens is 310 g/mol. The van der Waals surface area contributed by atoms with Gasteiger partial charge in [-0.25, -0.2) is 5.48 Å². The van der Waals surface area contributed by atoms with Crippen molar-refractivity contribution in [3.63, 3.8) is 0 Å². The van der Waals surface area contributed by atoms with Crippen LogP contribution in [-0.4, -0.2) is 32.4 Å². The highest BCUT2D eigenvalue weighted by Gasteiger charge is 2.39. The Morgan fingerprint density at radius 3 is 2.70 bits per heavy atom. The quantitative estimate of drug-likeness (QED) is 0.653. The van der Waals surface area contributed by atoms with Crippen LogP contribution in [0, 0.1) is 5.41 Å². The molecule has 2 heterocycles. The SMILES string of the molecule is O=C(NO)C1(CCn2cc(-c3ccccc3)cn2)CCSCC1. The van der Waals surface area contributed by atoms with E-state index in [-0.39, 0.29) is 5.91 Å². The lowest BCUT2D eigenvalue weighted by Crippen LogP contribution is -2.42. The van der Waals surface area contributed by atoms with Gasteiger partial charge < -0.3 is 0 Å². The molecule has 1 saturated heterocycles. The number of amides is 1. The number of benzene rings is 1. The highest BCUT2D eigenvalue weighted by molar-refractivity contribution is 7.99. The molecule has 1 aromatic heterocycles. The van der Waals surface area contributed by atoms with Crippen LogP contribution < -0.4 is 5.48 Å². The van der Waals surface area contributed by atoms with Crippen LogP contribution in [0.5, 0.6) is 0 Å². The number of hydrogen-bond donors (Lipinski definition) is 2. The van der Waals surface area contributed by atoms with Crippen molar-refractivity contribution in [2.75, 3.05) is 11.5 Å². The second kappa shape index (κ2) is 7.19. The van der Waals surface area contributed by atoms with Gasteiger partial charge in [0, 0.05) is 18.3 Å². The first-order valence-electron chi connectivity index (χ1n) is 7.84. The fourth-order valence-corrected chi connectivity index (χ4v) is 4.34. The van der Waals surface area contributed by atoms with Gasteiger partial charge in [-0.3, -0.25) is 14.7 Å². The molecule has 0 spiro atoms. The molecule has 23 heavy (non-hydrogen) atoms. The Morgan fingerprint density at radius 1 is 1.26 bits per heavy atom. The van der Waals surface area contributed by atoms with E-state index in [1.807, 2.05) is 52.5 Å². The molecule has 0 aliphatic carbocycles. The van der Waals surface area contributed by atoms with Crippen LogP contribution in [-0.2, 0) is 11.3 Å². The maximum absolute atomic E-state index is 12.1. The smallest absolute Gasteiger partial charge is 0.249 e. The van der Waals surface area contributed by atoms with E-state index in [1.165, 1.54) is 0 Å². The van der Waals surface area contributed by atoms with Gasteiger partial charge in [0.2, 0.25) is 5.91 Å². The number of hydrogen-bond acceptors (Lipinski definition) is 4. The lowest BCUT2D eigenvalue weighted by Gasteiger charge is -2.34. The Morgan fingerprint density at radius 2 is 2.00 bits per heavy atom. The van der Waals surface area contributed by atoms with E-state index < -0.39 is 5.41 Å². The van der Waals surface area contributed by atoms with Crippen molar-refractivity contribution >= 4 is 17.7 Å². The van der Waals surface area contributed by atoms with Gasteiger partial charge in [0.1, 0.15) is 0 Å². The minimum absolute atomic E-state index is 0.256. The standard InChI is InChI=1S/C17H21N3O2S/c21-16(19-22)17(7-10-23-11-8-17)6-9-20-13-15(12-18-20)14-4-2-1-3-5-14/h1-5,12-13,22H,6-11H2,(H,19,21). The molecule has 2 N–H and O–H groups in total. The molecule has 0 unspecified atom stereocenters. The average Bonchev–Trinajstić information content (AvgIpc) is 3.10. The van der Waals surface area contributed by atoms with Gasteiger partial charge in [0.15, 0.2) is 0 Å². The Labute approximate surface area is 140 Å². The van der Waals surface area contributed by atoms with Crippen LogP contribution in [0.15, 0.2) is 42.7 Å². The molecule has 6 heteroatoms. The van der Waals surface area contributed by atoms with Crippen molar-refractivity contribution in [2.45, 2.75) is 25.8 Å². The zero-order valence-electron chi connectivity index (χ0n) is 12.9. The lowest BCUT2D eigenvalue weighted by molar-refractivity contribution is -0.141. The summed E-state index contributed by atoms with van der Waals surface area (Å²) in [5, 5.41) is 13.5. The molecule has 0 saturated carbocycles. The number of carbonyl (C=O) groups is 1. The average molecular weight is 331 g/mol. The molecule has 0 bridgehead atoms. The molecule has 5 nitrogen and oxygen atoms in total. The predicted octanol–water partition coefficient (Wildman–Crippen LogP) is 2.96. The monoisotopic (exact) mass is 331 g/mol. The molecule has 1 aliphatic rings. The fraction of sp³-hybridized carbons (Fsp3) is 0.412. The second-order valence-electron chi connectivity index (χ2n) is 5.94. The largest absolute Gasteiger partial charge is 0.289 e. The molecule has 0 radical (unpaired) electrons. The molecule has 1 amide bonds. The van der Waals surface area contributed by atoms with Crippen LogP contribution in [0.1, 0.15) is 19.3 Å². The van der Waals surface area contributed by atoms with Crippen molar-refractivity contribution in [3.8, 4) is 11.1 Å². The Bertz CT molecular complexity index is 651. The topological polar surface area (TPSA) is 67.2 Å². The number of hydroxylamine groups is 1. The highest BCUT2D eigenvalue weighted by Crippen LogP contribution is 2.38. The van der Waals surface area contributed by atoms with Gasteiger partial charge in [-0.2, -0.15) is 16.9 Å². The summed E-state index contributed by atoms with van der Waals surface area (Å²) in [5.41, 5.74) is 3.60. The van der Waals surface area contributed by atoms with Gasteiger partial charge in [-0.1, -0.05) is 30.3 Å². The van der Waals surface area contributed by atoms with Crippen LogP contribution >= 0.6 is 11.8 Å². The normalized spacial score (nSPS) is 16.9. The molecule has 1 fully saturated rings. The van der Waals surface area contributed by atoms with Crippen molar-refractivity contribution in [3.05, 3.63) is 42.7 Å². The molecule has 2 aromatic rings. The van der Waals surface area contributed by atoms with E-state index in [4.69, 9.17) is 5.21 Å². The van der Waals surface area contributed by atoms with Gasteiger partial charge >= 0.3 is 0 Å². The number of rotatable bonds is 5. The number of thioether (sulfide) groups is 1. The second-order valence-corrected chi connectivity index (χ2v) is 7.17. The number of nitrogens with zero attached hydrogens (tertiary/aromatic N) is 2. The minimum Gasteiger partial charge on any atom is -0.289 e. The van der Waals surface area contributed by atoms with E-state index in [9.17, 15) is 4.79 Å². The summed E-state index contributed by atoms with van der Waals surface area (Å²) in [7, 11) is 0. The van der Waals surface area contributed by atoms with Crippen molar-refractivity contribution < 1.29 is 10.0 Å². The summed E-state index contributed by atoms with van der Waals surface area (Å²) in [4.78, 5) is 12.1. The molecule has 122 valence electrons. The third-order valence-electron chi connectivity index (χ3n) is 4.59. The van der Waals surface area contributed by atoms with Crippen molar-refractivity contribution in [1.29, 1.82) is 0 Å². The first-order chi connectivity index (χ1) is 11.2. The number of carbonyl (C=O) groups excluding carboxylic acids is 1. The predicted molar refractivity (Wildman–Crippen MR) is 91.2 cm³/mol. The summed E-state index contributed by atoms with van der Waals surface area (Å²) < 4.78 is 1.89. The Balaban J connectivity index is 1.69. The highest BCUT2D eigenvalue weighted by atomic mass is 32.2. The minimum atomic E-state index is -0.473. The van der Waals surface area contributed by atoms with Crippen molar-refractivity contribution in [2.24, 2.45) is 5.41 Å². The third-order valence-corrected chi connectivity index (χ3v) is 5.58. The molecule has 0 atom stereocenters. The fourth-order valence-electron chi connectivity index (χ4n) is 3.07. The third kappa shape index (κ3) is 3.59. The van der Waals surface area contributed by atoms with Crippen LogP contribution in [0.3, 0.4) is 0 Å². The van der Waals surface area contributed by atoms with Gasteiger partial charge in [0.05, 0.1) is 11.6 Å². The van der Waals surface area contributed by atoms with E-state index in [0.717, 1.165) is 35.5 Å². The molecular formula is C17H21N3O2S. The van der Waals surface area contributed by atoms with Crippen LogP contribution in [0.4, 0.5) is 0 Å². The lowest BCUT2D eigenvalue weighted by atomic mass is 9.78. The number of aromatic nitrogens is 2. The maximum atomic E-state index is 12.1. The van der Waals surface area contributed by atoms with E-state index in [0.29, 0.717) is 13.0 Å². The summed E-state index contributed by atoms with van der Waals surface area (Å²) in [6.45, 7) is 0.672. The number of aryl methyl sites for hydroxylation is 1. The molecule has 3 rings (SSSR count).